The summed E-state index contributed by atoms with van der Waals surface area (Å²) in [5, 5.41) is 3.52. The molecule has 30 heavy (non-hydrogen) atoms. The van der Waals surface area contributed by atoms with E-state index in [-0.39, 0.29) is 17.9 Å². The Labute approximate surface area is 180 Å². The molecule has 4 nitrogen and oxygen atoms in total. The van der Waals surface area contributed by atoms with Gasteiger partial charge in [-0.25, -0.2) is 0 Å². The minimum atomic E-state index is -0.516. The Hall–Kier alpha value is -3.11. The van der Waals surface area contributed by atoms with Gasteiger partial charge in [0.2, 0.25) is 5.91 Å². The van der Waals surface area contributed by atoms with Crippen molar-refractivity contribution in [2.24, 2.45) is 0 Å². The van der Waals surface area contributed by atoms with Gasteiger partial charge in [-0.15, -0.1) is 0 Å². The Morgan fingerprint density at radius 1 is 1.03 bits per heavy atom. The monoisotopic (exact) mass is 416 g/mol. The van der Waals surface area contributed by atoms with Gasteiger partial charge in [0.15, 0.2) is 0 Å². The smallest absolute Gasteiger partial charge is 0.254 e. The van der Waals surface area contributed by atoms with Gasteiger partial charge in [-0.2, -0.15) is 0 Å². The van der Waals surface area contributed by atoms with E-state index < -0.39 is 5.92 Å². The van der Waals surface area contributed by atoms with E-state index in [1.165, 1.54) is 5.56 Å². The van der Waals surface area contributed by atoms with Crippen LogP contribution in [0.4, 0.5) is 5.69 Å². The van der Waals surface area contributed by atoms with Crippen molar-refractivity contribution < 1.29 is 9.59 Å². The van der Waals surface area contributed by atoms with Crippen molar-refractivity contribution in [3.8, 4) is 0 Å². The lowest BCUT2D eigenvalue weighted by Crippen LogP contribution is -2.49. The van der Waals surface area contributed by atoms with Gasteiger partial charge in [0.25, 0.3) is 5.91 Å². The maximum absolute atomic E-state index is 13.6. The quantitative estimate of drug-likeness (QED) is 0.630. The molecule has 0 bridgehead atoms. The van der Waals surface area contributed by atoms with E-state index in [0.29, 0.717) is 22.8 Å². The molecule has 0 saturated heterocycles. The van der Waals surface area contributed by atoms with Crippen molar-refractivity contribution in [3.05, 3.63) is 99.6 Å². The van der Waals surface area contributed by atoms with Gasteiger partial charge >= 0.3 is 0 Å². The zero-order chi connectivity index (χ0) is 20.8. The Morgan fingerprint density at radius 2 is 1.77 bits per heavy atom. The number of nitrogens with one attached hydrogen (secondary N) is 1. The summed E-state index contributed by atoms with van der Waals surface area (Å²) >= 11 is 6.38. The second kappa shape index (κ2) is 7.29. The summed E-state index contributed by atoms with van der Waals surface area (Å²) in [6.07, 6.45) is 0.790. The van der Waals surface area contributed by atoms with Gasteiger partial charge in [0, 0.05) is 12.1 Å². The summed E-state index contributed by atoms with van der Waals surface area (Å²) in [6.45, 7) is 2.56. The highest BCUT2D eigenvalue weighted by Crippen LogP contribution is 2.46. The van der Waals surface area contributed by atoms with Crippen LogP contribution in [0.3, 0.4) is 0 Å². The average molecular weight is 417 g/mol. The van der Waals surface area contributed by atoms with Crippen molar-refractivity contribution in [2.45, 2.75) is 25.3 Å². The molecule has 0 radical (unpaired) electrons. The van der Waals surface area contributed by atoms with Crippen LogP contribution in [0.15, 0.2) is 66.7 Å². The van der Waals surface area contributed by atoms with E-state index in [2.05, 4.69) is 11.4 Å². The Balaban J connectivity index is 1.63. The Morgan fingerprint density at radius 3 is 2.57 bits per heavy atom. The number of aryl methyl sites for hydroxylation is 1. The van der Waals surface area contributed by atoms with Gasteiger partial charge in [-0.05, 0) is 53.8 Å². The van der Waals surface area contributed by atoms with E-state index in [4.69, 9.17) is 11.6 Å². The van der Waals surface area contributed by atoms with Crippen molar-refractivity contribution >= 4 is 29.1 Å². The molecule has 0 spiro atoms. The molecule has 5 rings (SSSR count). The lowest BCUT2D eigenvalue weighted by atomic mass is 9.76. The van der Waals surface area contributed by atoms with Crippen LogP contribution >= 0.6 is 11.6 Å². The number of benzene rings is 3. The summed E-state index contributed by atoms with van der Waals surface area (Å²) in [4.78, 5) is 28.7. The summed E-state index contributed by atoms with van der Waals surface area (Å²) in [5.41, 5.74) is 5.21. The van der Waals surface area contributed by atoms with Crippen molar-refractivity contribution in [2.75, 3.05) is 11.9 Å². The summed E-state index contributed by atoms with van der Waals surface area (Å²) in [7, 11) is 0. The van der Waals surface area contributed by atoms with Crippen LogP contribution < -0.4 is 5.32 Å². The largest absolute Gasteiger partial charge is 0.330 e. The first kappa shape index (κ1) is 18.9. The maximum Gasteiger partial charge on any atom is 0.254 e. The van der Waals surface area contributed by atoms with E-state index in [9.17, 15) is 9.59 Å². The zero-order valence-corrected chi connectivity index (χ0v) is 17.3. The summed E-state index contributed by atoms with van der Waals surface area (Å²) in [6, 6.07) is 20.8. The van der Waals surface area contributed by atoms with Crippen LogP contribution in [0.2, 0.25) is 5.02 Å². The molecule has 3 aromatic carbocycles. The van der Waals surface area contributed by atoms with E-state index in [0.717, 1.165) is 23.1 Å². The Bertz CT molecular complexity index is 1170. The molecule has 3 aromatic rings. The third-order valence-corrected chi connectivity index (χ3v) is 6.41. The van der Waals surface area contributed by atoms with E-state index in [1.54, 1.807) is 0 Å². The topological polar surface area (TPSA) is 49.4 Å². The highest BCUT2D eigenvalue weighted by atomic mass is 35.5. The normalized spacial score (nSPS) is 19.5. The SMILES string of the molecule is Cc1ccc(NC(=O)[C@@H]2c3ccccc3C(=O)N3CCc4ccccc4[C@@H]23)c(Cl)c1. The first-order chi connectivity index (χ1) is 14.5. The molecule has 5 heteroatoms. The number of carbonyl (C=O) groups excluding carboxylic acids is 2. The predicted octanol–water partition coefficient (Wildman–Crippen LogP) is 5.12. The molecule has 0 aromatic heterocycles. The molecule has 0 aliphatic carbocycles. The number of hydrogen-bond acceptors (Lipinski definition) is 2. The molecule has 0 fully saturated rings. The molecule has 2 atom stereocenters. The first-order valence-corrected chi connectivity index (χ1v) is 10.5. The summed E-state index contributed by atoms with van der Waals surface area (Å²) in [5.74, 6) is -0.687. The van der Waals surface area contributed by atoms with Gasteiger partial charge in [0.1, 0.15) is 0 Å². The minimum Gasteiger partial charge on any atom is -0.330 e. The molecule has 2 aliphatic rings. The van der Waals surface area contributed by atoms with Crippen molar-refractivity contribution in [1.29, 1.82) is 0 Å². The Kier molecular flexibility index (Phi) is 4.59. The number of carbonyl (C=O) groups is 2. The molecule has 0 unspecified atom stereocenters. The number of halogens is 1. The molecule has 2 amide bonds. The lowest BCUT2D eigenvalue weighted by molar-refractivity contribution is -0.119. The van der Waals surface area contributed by atoms with Crippen molar-refractivity contribution in [1.82, 2.24) is 4.90 Å². The second-order valence-electron chi connectivity index (χ2n) is 7.93. The van der Waals surface area contributed by atoms with Gasteiger partial charge < -0.3 is 10.2 Å². The molecule has 1 N–H and O–H groups in total. The zero-order valence-electron chi connectivity index (χ0n) is 16.6. The average Bonchev–Trinajstić information content (AvgIpc) is 2.76. The molecular formula is C25H21ClN2O2. The standard InChI is InChI=1S/C25H21ClN2O2/c1-15-10-11-21(20(26)14-15)27-24(29)22-18-8-4-5-9-19(18)25(30)28-13-12-16-6-2-3-7-17(16)23(22)28/h2-11,14,22-23H,12-13H2,1H3,(H,27,29)/t22-,23+/m1/s1. The molecule has 2 aliphatic heterocycles. The van der Waals surface area contributed by atoms with Crippen LogP contribution in [0.25, 0.3) is 0 Å². The number of nitrogens with zero attached hydrogens (tertiary/aromatic N) is 1. The highest BCUT2D eigenvalue weighted by Gasteiger charge is 2.46. The maximum atomic E-state index is 13.6. The number of amides is 2. The van der Waals surface area contributed by atoms with Gasteiger partial charge in [0.05, 0.1) is 22.7 Å². The molecule has 0 saturated carbocycles. The highest BCUT2D eigenvalue weighted by molar-refractivity contribution is 6.33. The van der Waals surface area contributed by atoms with Crippen LogP contribution in [-0.2, 0) is 11.2 Å². The third-order valence-electron chi connectivity index (χ3n) is 6.10. The fourth-order valence-electron chi connectivity index (χ4n) is 4.69. The van der Waals surface area contributed by atoms with Crippen LogP contribution in [0.5, 0.6) is 0 Å². The second-order valence-corrected chi connectivity index (χ2v) is 8.34. The van der Waals surface area contributed by atoms with Gasteiger partial charge in [-0.3, -0.25) is 9.59 Å². The fraction of sp³-hybridized carbons (Fsp3) is 0.200. The molecule has 2 heterocycles. The predicted molar refractivity (Wildman–Crippen MR) is 118 cm³/mol. The van der Waals surface area contributed by atoms with E-state index >= 15 is 0 Å². The third kappa shape index (κ3) is 2.99. The number of hydrogen-bond donors (Lipinski definition) is 1. The van der Waals surface area contributed by atoms with Gasteiger partial charge in [-0.1, -0.05) is 60.1 Å². The molecule has 150 valence electrons. The van der Waals surface area contributed by atoms with Crippen LogP contribution in [0, 0.1) is 6.92 Å². The van der Waals surface area contributed by atoms with Crippen molar-refractivity contribution in [3.63, 3.8) is 0 Å². The fourth-order valence-corrected chi connectivity index (χ4v) is 4.97. The summed E-state index contributed by atoms with van der Waals surface area (Å²) < 4.78 is 0. The molecular weight excluding hydrogens is 396 g/mol. The number of anilines is 1. The van der Waals surface area contributed by atoms with Crippen LogP contribution in [-0.4, -0.2) is 23.3 Å². The minimum absolute atomic E-state index is 0.0116. The van der Waals surface area contributed by atoms with E-state index in [1.807, 2.05) is 72.5 Å². The lowest BCUT2D eigenvalue weighted by Gasteiger charge is -2.45. The van der Waals surface area contributed by atoms with Crippen LogP contribution in [0.1, 0.15) is 44.6 Å². The number of fused-ring (bicyclic) bond motifs is 4. The number of rotatable bonds is 2. The first-order valence-electron chi connectivity index (χ1n) is 10.1.